The SMILES string of the molecule is COc1cccc(C(=O)/C2=C/CCCCCC2)c1OC. The number of carbonyl (C=O) groups excluding carboxylic acids is 1. The van der Waals surface area contributed by atoms with Crippen LogP contribution >= 0.6 is 0 Å². The molecule has 3 nitrogen and oxygen atoms in total. The van der Waals surface area contributed by atoms with Crippen LogP contribution in [0.4, 0.5) is 0 Å². The van der Waals surface area contributed by atoms with E-state index in [1.165, 1.54) is 19.3 Å². The predicted molar refractivity (Wildman–Crippen MR) is 79.7 cm³/mol. The average Bonchev–Trinajstić information content (AvgIpc) is 2.45. The highest BCUT2D eigenvalue weighted by molar-refractivity contribution is 6.10. The molecule has 2 rings (SSSR count). The van der Waals surface area contributed by atoms with Gasteiger partial charge in [-0.1, -0.05) is 25.0 Å². The van der Waals surface area contributed by atoms with Crippen molar-refractivity contribution in [1.29, 1.82) is 0 Å². The highest BCUT2D eigenvalue weighted by Crippen LogP contribution is 2.33. The monoisotopic (exact) mass is 274 g/mol. The second-order valence-corrected chi connectivity index (χ2v) is 5.05. The molecule has 0 spiro atoms. The van der Waals surface area contributed by atoms with Crippen LogP contribution in [0.1, 0.15) is 48.9 Å². The summed E-state index contributed by atoms with van der Waals surface area (Å²) in [5.74, 6) is 1.20. The molecule has 0 bridgehead atoms. The van der Waals surface area contributed by atoms with Crippen LogP contribution in [0.15, 0.2) is 29.8 Å². The summed E-state index contributed by atoms with van der Waals surface area (Å²) in [4.78, 5) is 12.7. The second-order valence-electron chi connectivity index (χ2n) is 5.05. The van der Waals surface area contributed by atoms with Gasteiger partial charge in [0.25, 0.3) is 0 Å². The van der Waals surface area contributed by atoms with Gasteiger partial charge in [-0.2, -0.15) is 0 Å². The Hall–Kier alpha value is -1.77. The molecule has 0 heterocycles. The second kappa shape index (κ2) is 7.13. The molecule has 1 aliphatic rings. The minimum absolute atomic E-state index is 0.0719. The van der Waals surface area contributed by atoms with E-state index in [4.69, 9.17) is 9.47 Å². The lowest BCUT2D eigenvalue weighted by molar-refractivity contribution is 0.102. The van der Waals surface area contributed by atoms with Crippen molar-refractivity contribution in [2.75, 3.05) is 14.2 Å². The molecule has 20 heavy (non-hydrogen) atoms. The standard InChI is InChI=1S/C17H22O3/c1-19-15-12-8-11-14(17(15)20-2)16(18)13-9-6-4-3-5-7-10-13/h8-9,11-12H,3-7,10H2,1-2H3/b13-9+. The van der Waals surface area contributed by atoms with Gasteiger partial charge in [0.2, 0.25) is 0 Å². The van der Waals surface area contributed by atoms with Gasteiger partial charge < -0.3 is 9.47 Å². The van der Waals surface area contributed by atoms with Crippen LogP contribution in [-0.2, 0) is 0 Å². The third kappa shape index (κ3) is 3.21. The Morgan fingerprint density at radius 1 is 1.05 bits per heavy atom. The smallest absolute Gasteiger partial charge is 0.192 e. The fourth-order valence-corrected chi connectivity index (χ4v) is 2.64. The zero-order valence-corrected chi connectivity index (χ0v) is 12.3. The number of rotatable bonds is 4. The van der Waals surface area contributed by atoms with E-state index < -0.39 is 0 Å². The first-order valence-corrected chi connectivity index (χ1v) is 7.22. The third-order valence-corrected chi connectivity index (χ3v) is 3.73. The summed E-state index contributed by atoms with van der Waals surface area (Å²) in [6.45, 7) is 0. The van der Waals surface area contributed by atoms with Crippen molar-refractivity contribution in [3.63, 3.8) is 0 Å². The van der Waals surface area contributed by atoms with Gasteiger partial charge in [-0.05, 0) is 43.4 Å². The number of carbonyl (C=O) groups is 1. The van der Waals surface area contributed by atoms with Crippen LogP contribution in [0, 0.1) is 0 Å². The van der Waals surface area contributed by atoms with E-state index in [2.05, 4.69) is 6.08 Å². The lowest BCUT2D eigenvalue weighted by Crippen LogP contribution is -2.08. The summed E-state index contributed by atoms with van der Waals surface area (Å²) < 4.78 is 10.6. The van der Waals surface area contributed by atoms with Gasteiger partial charge in [-0.15, -0.1) is 0 Å². The number of ketones is 1. The zero-order valence-electron chi connectivity index (χ0n) is 12.3. The van der Waals surface area contributed by atoms with E-state index in [0.29, 0.717) is 17.1 Å². The number of ether oxygens (including phenoxy) is 2. The maximum absolute atomic E-state index is 12.7. The highest BCUT2D eigenvalue weighted by atomic mass is 16.5. The fraction of sp³-hybridized carbons (Fsp3) is 0.471. The molecule has 0 amide bonds. The van der Waals surface area contributed by atoms with E-state index in [1.54, 1.807) is 14.2 Å². The Labute approximate surface area is 120 Å². The Balaban J connectivity index is 2.32. The maximum Gasteiger partial charge on any atom is 0.192 e. The Kier molecular flexibility index (Phi) is 5.22. The van der Waals surface area contributed by atoms with Gasteiger partial charge in [0.1, 0.15) is 0 Å². The molecule has 0 fully saturated rings. The summed E-state index contributed by atoms with van der Waals surface area (Å²) in [5.41, 5.74) is 1.51. The molecule has 0 saturated heterocycles. The van der Waals surface area contributed by atoms with Crippen molar-refractivity contribution < 1.29 is 14.3 Å². The number of allylic oxidation sites excluding steroid dienone is 2. The Bertz CT molecular complexity index is 503. The van der Waals surface area contributed by atoms with Crippen LogP contribution in [0.3, 0.4) is 0 Å². The molecular weight excluding hydrogens is 252 g/mol. The maximum atomic E-state index is 12.7. The normalized spacial score (nSPS) is 18.4. The van der Waals surface area contributed by atoms with Gasteiger partial charge in [0.05, 0.1) is 19.8 Å². The molecule has 1 aromatic rings. The highest BCUT2D eigenvalue weighted by Gasteiger charge is 2.19. The van der Waals surface area contributed by atoms with E-state index in [1.807, 2.05) is 18.2 Å². The lowest BCUT2D eigenvalue weighted by atomic mass is 9.93. The number of methoxy groups -OCH3 is 2. The van der Waals surface area contributed by atoms with Crippen molar-refractivity contribution in [2.45, 2.75) is 38.5 Å². The summed E-state index contributed by atoms with van der Waals surface area (Å²) in [6, 6.07) is 5.45. The minimum Gasteiger partial charge on any atom is -0.493 e. The summed E-state index contributed by atoms with van der Waals surface area (Å²) >= 11 is 0. The summed E-state index contributed by atoms with van der Waals surface area (Å²) in [5, 5.41) is 0. The Morgan fingerprint density at radius 3 is 2.60 bits per heavy atom. The molecule has 1 aromatic carbocycles. The van der Waals surface area contributed by atoms with Gasteiger partial charge >= 0.3 is 0 Å². The molecule has 0 unspecified atom stereocenters. The number of benzene rings is 1. The van der Waals surface area contributed by atoms with Crippen LogP contribution in [0.25, 0.3) is 0 Å². The first-order valence-electron chi connectivity index (χ1n) is 7.22. The van der Waals surface area contributed by atoms with Crippen LogP contribution in [0.5, 0.6) is 11.5 Å². The molecule has 108 valence electrons. The van der Waals surface area contributed by atoms with Crippen LogP contribution in [0.2, 0.25) is 0 Å². The van der Waals surface area contributed by atoms with Gasteiger partial charge in [-0.25, -0.2) is 0 Å². The molecule has 1 aliphatic carbocycles. The lowest BCUT2D eigenvalue weighted by Gasteiger charge is -2.14. The van der Waals surface area contributed by atoms with Crippen molar-refractivity contribution in [1.82, 2.24) is 0 Å². The molecule has 0 atom stereocenters. The van der Waals surface area contributed by atoms with E-state index >= 15 is 0 Å². The predicted octanol–water partition coefficient (Wildman–Crippen LogP) is 4.17. The van der Waals surface area contributed by atoms with Crippen LogP contribution < -0.4 is 9.47 Å². The molecule has 0 radical (unpaired) electrons. The van der Waals surface area contributed by atoms with Gasteiger partial charge in [-0.3, -0.25) is 4.79 Å². The molecule has 0 saturated carbocycles. The van der Waals surface area contributed by atoms with Crippen molar-refractivity contribution in [2.24, 2.45) is 0 Å². The van der Waals surface area contributed by atoms with E-state index in [-0.39, 0.29) is 5.78 Å². The third-order valence-electron chi connectivity index (χ3n) is 3.73. The van der Waals surface area contributed by atoms with Gasteiger partial charge in [0.15, 0.2) is 17.3 Å². The molecule has 0 N–H and O–H groups in total. The van der Waals surface area contributed by atoms with E-state index in [9.17, 15) is 4.79 Å². The topological polar surface area (TPSA) is 35.5 Å². The van der Waals surface area contributed by atoms with Crippen LogP contribution in [-0.4, -0.2) is 20.0 Å². The molecule has 0 aromatic heterocycles. The quantitative estimate of drug-likeness (QED) is 0.773. The summed E-state index contributed by atoms with van der Waals surface area (Å²) in [6.07, 6.45) is 8.68. The van der Waals surface area contributed by atoms with Crippen molar-refractivity contribution in [3.05, 3.63) is 35.4 Å². The van der Waals surface area contributed by atoms with E-state index in [0.717, 1.165) is 24.8 Å². The molecular formula is C17H22O3. The minimum atomic E-state index is 0.0719. The molecule has 0 aliphatic heterocycles. The Morgan fingerprint density at radius 2 is 1.85 bits per heavy atom. The van der Waals surface area contributed by atoms with Crippen molar-refractivity contribution in [3.8, 4) is 11.5 Å². The number of hydrogen-bond donors (Lipinski definition) is 0. The largest absolute Gasteiger partial charge is 0.493 e. The summed E-state index contributed by atoms with van der Waals surface area (Å²) in [7, 11) is 3.16. The zero-order chi connectivity index (χ0) is 14.4. The first-order chi connectivity index (χ1) is 9.77. The fourth-order valence-electron chi connectivity index (χ4n) is 2.64. The number of para-hydroxylation sites is 1. The molecule has 3 heteroatoms. The first kappa shape index (κ1) is 14.6. The number of Topliss-reactive ketones (excluding diaryl/α,β-unsaturated/α-hetero) is 1. The van der Waals surface area contributed by atoms with Crippen molar-refractivity contribution >= 4 is 5.78 Å². The van der Waals surface area contributed by atoms with Gasteiger partial charge in [0, 0.05) is 0 Å². The average molecular weight is 274 g/mol. The number of hydrogen-bond acceptors (Lipinski definition) is 3.